The van der Waals surface area contributed by atoms with Crippen LogP contribution < -0.4 is 9.62 Å². The average Bonchev–Trinajstić information content (AvgIpc) is 2.86. The summed E-state index contributed by atoms with van der Waals surface area (Å²) >= 11 is 0. The molecule has 3 aromatic rings. The second-order valence-electron chi connectivity index (χ2n) is 9.12. The highest BCUT2D eigenvalue weighted by atomic mass is 32.2. The van der Waals surface area contributed by atoms with Gasteiger partial charge in [0.15, 0.2) is 0 Å². The van der Waals surface area contributed by atoms with Crippen molar-refractivity contribution in [3.05, 3.63) is 101 Å². The van der Waals surface area contributed by atoms with Gasteiger partial charge in [-0.15, -0.1) is 0 Å². The largest absolute Gasteiger partial charge is 0.355 e. The number of rotatable bonds is 11. The van der Waals surface area contributed by atoms with Gasteiger partial charge in [0.2, 0.25) is 21.8 Å². The summed E-state index contributed by atoms with van der Waals surface area (Å²) in [6, 6.07) is 23.6. The van der Waals surface area contributed by atoms with Gasteiger partial charge in [-0.05, 0) is 43.0 Å². The first-order valence-corrected chi connectivity index (χ1v) is 14.2. The van der Waals surface area contributed by atoms with Crippen LogP contribution in [0.3, 0.4) is 0 Å². The van der Waals surface area contributed by atoms with E-state index >= 15 is 0 Å². The molecule has 0 saturated carbocycles. The van der Waals surface area contributed by atoms with Crippen LogP contribution in [-0.4, -0.2) is 50.5 Å². The molecule has 0 aromatic heterocycles. The Balaban J connectivity index is 2.06. The molecule has 1 N–H and O–H groups in total. The van der Waals surface area contributed by atoms with Crippen molar-refractivity contribution < 1.29 is 18.0 Å². The predicted molar refractivity (Wildman–Crippen MR) is 148 cm³/mol. The Morgan fingerprint density at radius 1 is 0.838 bits per heavy atom. The smallest absolute Gasteiger partial charge is 0.244 e. The Morgan fingerprint density at radius 2 is 1.38 bits per heavy atom. The Hall–Kier alpha value is -3.65. The number of amides is 2. The lowest BCUT2D eigenvalue weighted by Gasteiger charge is -2.34. The second kappa shape index (κ2) is 12.5. The first-order valence-electron chi connectivity index (χ1n) is 12.3. The minimum absolute atomic E-state index is 0.165. The van der Waals surface area contributed by atoms with Crippen LogP contribution in [0.25, 0.3) is 0 Å². The number of benzene rings is 3. The molecule has 0 aliphatic carbocycles. The fourth-order valence-electron chi connectivity index (χ4n) is 4.40. The number of aryl methyl sites for hydroxylation is 2. The molecular weight excluding hydrogens is 486 g/mol. The van der Waals surface area contributed by atoms with E-state index in [2.05, 4.69) is 5.32 Å². The number of nitrogens with zero attached hydrogens (tertiary/aromatic N) is 2. The molecule has 0 saturated heterocycles. The van der Waals surface area contributed by atoms with Gasteiger partial charge in [-0.1, -0.05) is 78.9 Å². The summed E-state index contributed by atoms with van der Waals surface area (Å²) in [6.45, 7) is 5.63. The molecular formula is C29H35N3O4S. The van der Waals surface area contributed by atoms with Crippen LogP contribution in [0.1, 0.15) is 29.2 Å². The molecule has 0 aliphatic rings. The zero-order valence-electron chi connectivity index (χ0n) is 21.8. The van der Waals surface area contributed by atoms with E-state index in [-0.39, 0.29) is 12.5 Å². The molecule has 0 radical (unpaired) electrons. The van der Waals surface area contributed by atoms with E-state index in [1.165, 1.54) is 4.90 Å². The standard InChI is InChI=1S/C29H35N3O4S/c1-5-30-29(34)26(19-24-15-8-6-9-16-24)31(20-25-17-10-7-11-18-25)27(33)21-32(37(4,35)36)28-22(2)13-12-14-23(28)3/h6-18,26H,5,19-21H2,1-4H3,(H,30,34)/t26-/m1/s1. The monoisotopic (exact) mass is 521 g/mol. The first-order chi connectivity index (χ1) is 17.6. The maximum Gasteiger partial charge on any atom is 0.244 e. The lowest BCUT2D eigenvalue weighted by molar-refractivity contribution is -0.140. The summed E-state index contributed by atoms with van der Waals surface area (Å²) in [5.74, 6) is -0.738. The number of carbonyl (C=O) groups is 2. The number of sulfonamides is 1. The van der Waals surface area contributed by atoms with E-state index in [4.69, 9.17) is 0 Å². The van der Waals surface area contributed by atoms with Crippen molar-refractivity contribution in [2.24, 2.45) is 0 Å². The molecule has 1 atom stereocenters. The Bertz CT molecular complexity index is 1290. The first kappa shape index (κ1) is 27.9. The van der Waals surface area contributed by atoms with Crippen molar-refractivity contribution in [2.75, 3.05) is 23.7 Å². The van der Waals surface area contributed by atoms with Gasteiger partial charge >= 0.3 is 0 Å². The number of carbonyl (C=O) groups excluding carboxylic acids is 2. The lowest BCUT2D eigenvalue weighted by Crippen LogP contribution is -2.53. The minimum Gasteiger partial charge on any atom is -0.355 e. The van der Waals surface area contributed by atoms with Crippen LogP contribution in [0.2, 0.25) is 0 Å². The highest BCUT2D eigenvalue weighted by molar-refractivity contribution is 7.92. The maximum atomic E-state index is 14.0. The van der Waals surface area contributed by atoms with Gasteiger partial charge in [0.25, 0.3) is 0 Å². The number of anilines is 1. The zero-order chi connectivity index (χ0) is 27.0. The molecule has 0 fully saturated rings. The van der Waals surface area contributed by atoms with Gasteiger partial charge in [0.05, 0.1) is 11.9 Å². The van der Waals surface area contributed by atoms with Crippen molar-refractivity contribution in [1.29, 1.82) is 0 Å². The molecule has 196 valence electrons. The fourth-order valence-corrected chi connectivity index (χ4v) is 5.37. The second-order valence-corrected chi connectivity index (χ2v) is 11.0. The fraction of sp³-hybridized carbons (Fsp3) is 0.310. The van der Waals surface area contributed by atoms with Crippen molar-refractivity contribution in [2.45, 2.75) is 39.8 Å². The molecule has 8 heteroatoms. The summed E-state index contributed by atoms with van der Waals surface area (Å²) in [5, 5.41) is 2.86. The van der Waals surface area contributed by atoms with Gasteiger partial charge in [-0.25, -0.2) is 8.42 Å². The van der Waals surface area contributed by atoms with Crippen LogP contribution in [-0.2, 0) is 32.6 Å². The topological polar surface area (TPSA) is 86.8 Å². The molecule has 0 spiro atoms. The highest BCUT2D eigenvalue weighted by Crippen LogP contribution is 2.27. The van der Waals surface area contributed by atoms with E-state index in [9.17, 15) is 18.0 Å². The molecule has 0 unspecified atom stereocenters. The molecule has 2 amide bonds. The minimum atomic E-state index is -3.79. The summed E-state index contributed by atoms with van der Waals surface area (Å²) in [7, 11) is -3.79. The van der Waals surface area contributed by atoms with E-state index < -0.39 is 28.5 Å². The van der Waals surface area contributed by atoms with E-state index in [0.29, 0.717) is 18.7 Å². The van der Waals surface area contributed by atoms with Gasteiger partial charge in [0.1, 0.15) is 12.6 Å². The number of hydrogen-bond acceptors (Lipinski definition) is 4. The summed E-state index contributed by atoms with van der Waals surface area (Å²) in [5.41, 5.74) is 3.72. The third-order valence-electron chi connectivity index (χ3n) is 6.19. The van der Waals surface area contributed by atoms with Crippen molar-refractivity contribution in [3.8, 4) is 0 Å². The maximum absolute atomic E-state index is 14.0. The summed E-state index contributed by atoms with van der Waals surface area (Å²) < 4.78 is 27.0. The molecule has 3 aromatic carbocycles. The van der Waals surface area contributed by atoms with Crippen LogP contribution in [0, 0.1) is 13.8 Å². The normalized spacial score (nSPS) is 12.0. The third-order valence-corrected chi connectivity index (χ3v) is 7.30. The van der Waals surface area contributed by atoms with Gasteiger partial charge in [-0.2, -0.15) is 0 Å². The molecule has 0 bridgehead atoms. The number of likely N-dealkylation sites (N-methyl/N-ethyl adjacent to an activating group) is 1. The van der Waals surface area contributed by atoms with Crippen LogP contribution in [0.4, 0.5) is 5.69 Å². The van der Waals surface area contributed by atoms with Gasteiger partial charge in [0, 0.05) is 19.5 Å². The molecule has 0 aliphatic heterocycles. The summed E-state index contributed by atoms with van der Waals surface area (Å²) in [6.07, 6.45) is 1.40. The van der Waals surface area contributed by atoms with Crippen LogP contribution in [0.15, 0.2) is 78.9 Å². The third kappa shape index (κ3) is 7.43. The number of nitrogens with one attached hydrogen (secondary N) is 1. The van der Waals surface area contributed by atoms with Crippen molar-refractivity contribution >= 4 is 27.5 Å². The Morgan fingerprint density at radius 3 is 1.89 bits per heavy atom. The van der Waals surface area contributed by atoms with E-state index in [1.54, 1.807) is 0 Å². The predicted octanol–water partition coefficient (Wildman–Crippen LogP) is 3.85. The lowest BCUT2D eigenvalue weighted by atomic mass is 10.0. The molecule has 3 rings (SSSR count). The van der Waals surface area contributed by atoms with Crippen LogP contribution in [0.5, 0.6) is 0 Å². The van der Waals surface area contributed by atoms with Gasteiger partial charge in [-0.3, -0.25) is 13.9 Å². The SMILES string of the molecule is CCNC(=O)[C@@H](Cc1ccccc1)N(Cc1ccccc1)C(=O)CN(c1c(C)cccc1C)S(C)(=O)=O. The number of hydrogen-bond donors (Lipinski definition) is 1. The average molecular weight is 522 g/mol. The van der Waals surface area contributed by atoms with E-state index in [0.717, 1.165) is 32.8 Å². The van der Waals surface area contributed by atoms with Gasteiger partial charge < -0.3 is 10.2 Å². The summed E-state index contributed by atoms with van der Waals surface area (Å²) in [4.78, 5) is 28.8. The van der Waals surface area contributed by atoms with Crippen molar-refractivity contribution in [3.63, 3.8) is 0 Å². The molecule has 7 nitrogen and oxygen atoms in total. The zero-order valence-corrected chi connectivity index (χ0v) is 22.7. The van der Waals surface area contributed by atoms with Crippen LogP contribution >= 0.6 is 0 Å². The van der Waals surface area contributed by atoms with Crippen molar-refractivity contribution in [1.82, 2.24) is 10.2 Å². The quantitative estimate of drug-likeness (QED) is 0.415. The highest BCUT2D eigenvalue weighted by Gasteiger charge is 2.33. The Kier molecular flexibility index (Phi) is 9.47. The number of para-hydroxylation sites is 1. The Labute approximate surface area is 220 Å². The molecule has 0 heterocycles. The van der Waals surface area contributed by atoms with E-state index in [1.807, 2.05) is 99.6 Å². The molecule has 37 heavy (non-hydrogen) atoms.